The van der Waals surface area contributed by atoms with E-state index in [9.17, 15) is 14.3 Å². The fourth-order valence-corrected chi connectivity index (χ4v) is 3.94. The first kappa shape index (κ1) is 25.5. The predicted octanol–water partition coefficient (Wildman–Crippen LogP) is 3.18. The molecule has 11 nitrogen and oxygen atoms in total. The molecule has 4 rings (SSSR count). The van der Waals surface area contributed by atoms with Gasteiger partial charge in [0.25, 0.3) is 0 Å². The zero-order valence-electron chi connectivity index (χ0n) is 21.3. The van der Waals surface area contributed by atoms with Crippen LogP contribution in [0, 0.1) is 0 Å². The molecule has 1 fully saturated rings. The lowest BCUT2D eigenvalue weighted by atomic mass is 10.0. The van der Waals surface area contributed by atoms with Crippen molar-refractivity contribution in [3.8, 4) is 17.1 Å². The summed E-state index contributed by atoms with van der Waals surface area (Å²) in [5, 5.41) is 18.1. The number of imidazole rings is 1. The molecule has 0 bridgehead atoms. The highest BCUT2D eigenvalue weighted by Gasteiger charge is 2.34. The van der Waals surface area contributed by atoms with Crippen LogP contribution in [0.1, 0.15) is 46.7 Å². The Kier molecular flexibility index (Phi) is 6.74. The Morgan fingerprint density at radius 3 is 2.67 bits per heavy atom. The molecule has 0 aliphatic carbocycles. The lowest BCUT2D eigenvalue weighted by molar-refractivity contribution is 0.0150. The van der Waals surface area contributed by atoms with Crippen molar-refractivity contribution in [1.29, 1.82) is 0 Å². The molecule has 0 radical (unpaired) electrons. The number of methoxy groups -OCH3 is 1. The highest BCUT2D eigenvalue weighted by atomic mass is 19.1. The average Bonchev–Trinajstić information content (AvgIpc) is 3.21. The standard InChI is InChI=1S/C24H32FN7O4/c1-23(2,3)36-22(33)31-10-8-14(25)16(13-31)29-21-26-9-7-15(28-21)17-12-27-19-11-18(35-6)20(24(4,5)34)30-32(17)19/h7,9,11-12,14,16,34H,8,10,13H2,1-6H3,(H,26,28,29)/t14-,16-/m0/s1. The first-order valence-corrected chi connectivity index (χ1v) is 11.7. The van der Waals surface area contributed by atoms with E-state index in [1.807, 2.05) is 0 Å². The number of aromatic nitrogens is 5. The third-order valence-corrected chi connectivity index (χ3v) is 5.67. The van der Waals surface area contributed by atoms with Crippen LogP contribution >= 0.6 is 0 Å². The Labute approximate surface area is 208 Å². The molecule has 0 saturated carbocycles. The molecule has 0 unspecified atom stereocenters. The fraction of sp³-hybridized carbons (Fsp3) is 0.542. The van der Waals surface area contributed by atoms with Gasteiger partial charge in [0.2, 0.25) is 5.95 Å². The highest BCUT2D eigenvalue weighted by molar-refractivity contribution is 5.68. The zero-order chi connectivity index (χ0) is 26.3. The first-order chi connectivity index (χ1) is 16.9. The normalized spacial score (nSPS) is 18.8. The van der Waals surface area contributed by atoms with E-state index >= 15 is 0 Å². The number of aliphatic hydroxyl groups is 1. The van der Waals surface area contributed by atoms with Gasteiger partial charge >= 0.3 is 6.09 Å². The molecule has 12 heteroatoms. The molecular weight excluding hydrogens is 469 g/mol. The lowest BCUT2D eigenvalue weighted by Gasteiger charge is -2.36. The van der Waals surface area contributed by atoms with Crippen molar-refractivity contribution in [2.24, 2.45) is 0 Å². The topological polar surface area (TPSA) is 127 Å². The van der Waals surface area contributed by atoms with Gasteiger partial charge in [0.1, 0.15) is 34.5 Å². The van der Waals surface area contributed by atoms with E-state index < -0.39 is 29.5 Å². The van der Waals surface area contributed by atoms with Crippen LogP contribution < -0.4 is 10.1 Å². The second kappa shape index (κ2) is 9.49. The number of fused-ring (bicyclic) bond motifs is 1. The summed E-state index contributed by atoms with van der Waals surface area (Å²) in [4.78, 5) is 27.1. The van der Waals surface area contributed by atoms with Gasteiger partial charge in [0.05, 0.1) is 25.0 Å². The summed E-state index contributed by atoms with van der Waals surface area (Å²) in [6, 6.07) is 2.67. The van der Waals surface area contributed by atoms with Crippen LogP contribution in [-0.2, 0) is 10.3 Å². The largest absolute Gasteiger partial charge is 0.495 e. The monoisotopic (exact) mass is 501 g/mol. The van der Waals surface area contributed by atoms with E-state index in [0.29, 0.717) is 28.5 Å². The maximum Gasteiger partial charge on any atom is 0.410 e. The van der Waals surface area contributed by atoms with Gasteiger partial charge < -0.3 is 24.8 Å². The van der Waals surface area contributed by atoms with Gasteiger partial charge in [-0.15, -0.1) is 0 Å². The van der Waals surface area contributed by atoms with E-state index in [0.717, 1.165) is 0 Å². The van der Waals surface area contributed by atoms with E-state index in [1.54, 1.807) is 63.7 Å². The number of likely N-dealkylation sites (tertiary alicyclic amines) is 1. The molecule has 1 amide bonds. The summed E-state index contributed by atoms with van der Waals surface area (Å²) in [7, 11) is 1.50. The van der Waals surface area contributed by atoms with Gasteiger partial charge in [0, 0.05) is 25.4 Å². The van der Waals surface area contributed by atoms with E-state index in [1.165, 1.54) is 12.0 Å². The lowest BCUT2D eigenvalue weighted by Crippen LogP contribution is -2.52. The zero-order valence-corrected chi connectivity index (χ0v) is 21.3. The van der Waals surface area contributed by atoms with Crippen molar-refractivity contribution < 1.29 is 23.8 Å². The summed E-state index contributed by atoms with van der Waals surface area (Å²) in [5.74, 6) is 0.621. The molecule has 0 aromatic carbocycles. The van der Waals surface area contributed by atoms with Crippen molar-refractivity contribution in [3.05, 3.63) is 30.2 Å². The quantitative estimate of drug-likeness (QED) is 0.542. The Balaban J connectivity index is 1.59. The molecule has 1 aliphatic heterocycles. The number of piperidine rings is 1. The number of alkyl halides is 1. The molecule has 194 valence electrons. The maximum atomic E-state index is 14.8. The van der Waals surface area contributed by atoms with Crippen LogP contribution in [0.4, 0.5) is 15.1 Å². The molecule has 2 N–H and O–H groups in total. The summed E-state index contributed by atoms with van der Waals surface area (Å²) >= 11 is 0. The van der Waals surface area contributed by atoms with E-state index in [-0.39, 0.29) is 25.5 Å². The van der Waals surface area contributed by atoms with Gasteiger partial charge in [-0.1, -0.05) is 0 Å². The molecule has 3 aromatic rings. The van der Waals surface area contributed by atoms with Crippen LogP contribution in [-0.4, -0.2) is 78.7 Å². The number of halogens is 1. The molecule has 3 aromatic heterocycles. The van der Waals surface area contributed by atoms with Crippen molar-refractivity contribution in [2.75, 3.05) is 25.5 Å². The number of carbonyl (C=O) groups is 1. The van der Waals surface area contributed by atoms with Crippen molar-refractivity contribution in [1.82, 2.24) is 29.5 Å². The molecule has 0 spiro atoms. The molecule has 4 heterocycles. The van der Waals surface area contributed by atoms with Crippen molar-refractivity contribution >= 4 is 17.7 Å². The van der Waals surface area contributed by atoms with Crippen LogP contribution in [0.25, 0.3) is 17.0 Å². The Hall–Kier alpha value is -3.54. The average molecular weight is 502 g/mol. The van der Waals surface area contributed by atoms with Crippen LogP contribution in [0.2, 0.25) is 0 Å². The number of hydrogen-bond acceptors (Lipinski definition) is 9. The highest BCUT2D eigenvalue weighted by Crippen LogP contribution is 2.30. The summed E-state index contributed by atoms with van der Waals surface area (Å²) in [5.41, 5.74) is 0.00701. The maximum absolute atomic E-state index is 14.8. The number of nitrogens with one attached hydrogen (secondary N) is 1. The Bertz CT molecular complexity index is 1250. The number of amides is 1. The SMILES string of the molecule is COc1cc2ncc(-c3ccnc(N[C@H]4CN(C(=O)OC(C)(C)C)CC[C@@H]4F)n3)n2nc1C(C)(C)O. The van der Waals surface area contributed by atoms with Crippen LogP contribution in [0.5, 0.6) is 5.75 Å². The number of ether oxygens (including phenoxy) is 2. The van der Waals surface area contributed by atoms with Crippen LogP contribution in [0.3, 0.4) is 0 Å². The second-order valence-corrected chi connectivity index (χ2v) is 10.3. The Morgan fingerprint density at radius 1 is 1.25 bits per heavy atom. The van der Waals surface area contributed by atoms with Gasteiger partial charge in [-0.25, -0.2) is 28.7 Å². The Morgan fingerprint density at radius 2 is 2.00 bits per heavy atom. The second-order valence-electron chi connectivity index (χ2n) is 10.3. The third kappa shape index (κ3) is 5.48. The first-order valence-electron chi connectivity index (χ1n) is 11.7. The summed E-state index contributed by atoms with van der Waals surface area (Å²) < 4.78 is 27.1. The minimum Gasteiger partial charge on any atom is -0.495 e. The van der Waals surface area contributed by atoms with E-state index in [4.69, 9.17) is 9.47 Å². The van der Waals surface area contributed by atoms with Crippen molar-refractivity contribution in [3.63, 3.8) is 0 Å². The number of rotatable bonds is 5. The summed E-state index contributed by atoms with van der Waals surface area (Å²) in [6.45, 7) is 8.99. The minimum atomic E-state index is -1.25. The number of anilines is 1. The van der Waals surface area contributed by atoms with Gasteiger partial charge in [-0.2, -0.15) is 5.10 Å². The third-order valence-electron chi connectivity index (χ3n) is 5.67. The van der Waals surface area contributed by atoms with Crippen LogP contribution in [0.15, 0.2) is 24.5 Å². The molecular formula is C24H32FN7O4. The smallest absolute Gasteiger partial charge is 0.410 e. The van der Waals surface area contributed by atoms with Crippen molar-refractivity contribution in [2.45, 2.75) is 64.5 Å². The predicted molar refractivity (Wildman–Crippen MR) is 131 cm³/mol. The number of hydrogen-bond donors (Lipinski definition) is 2. The molecule has 2 atom stereocenters. The fourth-order valence-electron chi connectivity index (χ4n) is 3.94. The van der Waals surface area contributed by atoms with Gasteiger partial charge in [-0.05, 0) is 47.1 Å². The van der Waals surface area contributed by atoms with Gasteiger partial charge in [-0.3, -0.25) is 0 Å². The minimum absolute atomic E-state index is 0.121. The summed E-state index contributed by atoms with van der Waals surface area (Å²) in [6.07, 6.45) is 1.66. The van der Waals surface area contributed by atoms with Gasteiger partial charge in [0.15, 0.2) is 5.65 Å². The molecule has 36 heavy (non-hydrogen) atoms. The molecule has 1 saturated heterocycles. The van der Waals surface area contributed by atoms with E-state index in [2.05, 4.69) is 25.4 Å². The number of nitrogens with zero attached hydrogens (tertiary/aromatic N) is 6. The number of carbonyl (C=O) groups excluding carboxylic acids is 1. The molecule has 1 aliphatic rings.